The van der Waals surface area contributed by atoms with Gasteiger partial charge in [0, 0.05) is 17.1 Å². The van der Waals surface area contributed by atoms with Gasteiger partial charge in [0.2, 0.25) is 0 Å². The highest BCUT2D eigenvalue weighted by Gasteiger charge is 2.14. The first-order chi connectivity index (χ1) is 14.5. The van der Waals surface area contributed by atoms with Crippen LogP contribution in [0.3, 0.4) is 0 Å². The summed E-state index contributed by atoms with van der Waals surface area (Å²) >= 11 is 3.19. The van der Waals surface area contributed by atoms with Gasteiger partial charge in [-0.15, -0.1) is 22.7 Å². The van der Waals surface area contributed by atoms with Crippen LogP contribution >= 0.6 is 22.7 Å². The number of benzene rings is 2. The Hall–Kier alpha value is -3.17. The molecule has 30 heavy (non-hydrogen) atoms. The maximum atomic E-state index is 12.1. The van der Waals surface area contributed by atoms with Gasteiger partial charge in [-0.25, -0.2) is 4.98 Å². The van der Waals surface area contributed by atoms with Crippen molar-refractivity contribution in [3.63, 3.8) is 0 Å². The van der Waals surface area contributed by atoms with Crippen LogP contribution in [0.25, 0.3) is 20.3 Å². The van der Waals surface area contributed by atoms with Crippen molar-refractivity contribution in [2.75, 3.05) is 18.5 Å². The molecule has 3 N–H and O–H groups in total. The molecule has 0 atom stereocenters. The molecular weight excluding hydrogens is 420 g/mol. The zero-order valence-electron chi connectivity index (χ0n) is 16.4. The van der Waals surface area contributed by atoms with Crippen molar-refractivity contribution in [3.8, 4) is 5.75 Å². The summed E-state index contributed by atoms with van der Waals surface area (Å²) in [6.07, 6.45) is 0. The van der Waals surface area contributed by atoms with Gasteiger partial charge in [-0.3, -0.25) is 20.4 Å². The van der Waals surface area contributed by atoms with Crippen LogP contribution < -0.4 is 20.9 Å². The molecule has 2 aromatic carbocycles. The Morgan fingerprint density at radius 2 is 1.83 bits per heavy atom. The van der Waals surface area contributed by atoms with E-state index in [0.29, 0.717) is 5.75 Å². The maximum Gasteiger partial charge on any atom is 0.276 e. The van der Waals surface area contributed by atoms with Crippen LogP contribution in [0.1, 0.15) is 10.6 Å². The SMILES string of the molecule is Cc1ccc(NCC(=O)NNC(=O)COc2cc3sc(C)nc3c3sccc23)cc1. The van der Waals surface area contributed by atoms with Crippen molar-refractivity contribution in [2.24, 2.45) is 0 Å². The largest absolute Gasteiger partial charge is 0.483 e. The van der Waals surface area contributed by atoms with Crippen LogP contribution in [0.5, 0.6) is 5.75 Å². The number of ether oxygens (including phenoxy) is 1. The summed E-state index contributed by atoms with van der Waals surface area (Å²) in [4.78, 5) is 28.6. The molecule has 0 aliphatic carbocycles. The number of carbonyl (C=O) groups is 2. The molecule has 0 aliphatic rings. The fourth-order valence-electron chi connectivity index (χ4n) is 2.92. The summed E-state index contributed by atoms with van der Waals surface area (Å²) in [5.74, 6) is -0.168. The van der Waals surface area contributed by atoms with E-state index in [-0.39, 0.29) is 19.1 Å². The quantitative estimate of drug-likeness (QED) is 0.397. The van der Waals surface area contributed by atoms with Crippen LogP contribution in [0.4, 0.5) is 5.69 Å². The Kier molecular flexibility index (Phi) is 5.82. The lowest BCUT2D eigenvalue weighted by molar-refractivity contribution is -0.129. The number of aryl methyl sites for hydroxylation is 2. The molecule has 4 aromatic rings. The summed E-state index contributed by atoms with van der Waals surface area (Å²) in [5, 5.41) is 6.88. The molecule has 2 amide bonds. The van der Waals surface area contributed by atoms with Gasteiger partial charge in [0.25, 0.3) is 11.8 Å². The highest BCUT2D eigenvalue weighted by molar-refractivity contribution is 7.21. The molecule has 0 unspecified atom stereocenters. The first-order valence-electron chi connectivity index (χ1n) is 9.28. The molecule has 0 radical (unpaired) electrons. The number of fused-ring (bicyclic) bond motifs is 3. The minimum atomic E-state index is -0.442. The fraction of sp³-hybridized carbons (Fsp3) is 0.190. The second kappa shape index (κ2) is 8.68. The van der Waals surface area contributed by atoms with Crippen molar-refractivity contribution >= 4 is 60.5 Å². The smallest absolute Gasteiger partial charge is 0.276 e. The highest BCUT2D eigenvalue weighted by atomic mass is 32.1. The van der Waals surface area contributed by atoms with Crippen LogP contribution in [0.2, 0.25) is 0 Å². The molecular formula is C21H20N4O3S2. The van der Waals surface area contributed by atoms with E-state index >= 15 is 0 Å². The van der Waals surface area contributed by atoms with Crippen molar-refractivity contribution < 1.29 is 14.3 Å². The molecule has 0 bridgehead atoms. The molecule has 2 aromatic heterocycles. The third-order valence-corrected chi connectivity index (χ3v) is 6.21. The van der Waals surface area contributed by atoms with Gasteiger partial charge in [0.1, 0.15) is 5.75 Å². The van der Waals surface area contributed by atoms with Crippen LogP contribution in [-0.2, 0) is 9.59 Å². The number of rotatable bonds is 6. The van der Waals surface area contributed by atoms with Gasteiger partial charge in [-0.05, 0) is 37.4 Å². The van der Waals surface area contributed by atoms with Crippen LogP contribution in [-0.4, -0.2) is 29.9 Å². The molecule has 0 aliphatic heterocycles. The van der Waals surface area contributed by atoms with Crippen LogP contribution in [0, 0.1) is 13.8 Å². The van der Waals surface area contributed by atoms with E-state index in [1.54, 1.807) is 22.7 Å². The van der Waals surface area contributed by atoms with Crippen molar-refractivity contribution in [2.45, 2.75) is 13.8 Å². The number of thiazole rings is 1. The van der Waals surface area contributed by atoms with Crippen molar-refractivity contribution in [1.82, 2.24) is 15.8 Å². The van der Waals surface area contributed by atoms with Gasteiger partial charge >= 0.3 is 0 Å². The van der Waals surface area contributed by atoms with E-state index in [1.165, 1.54) is 0 Å². The minimum Gasteiger partial charge on any atom is -0.483 e. The lowest BCUT2D eigenvalue weighted by atomic mass is 10.2. The number of aromatic nitrogens is 1. The van der Waals surface area contributed by atoms with Crippen molar-refractivity contribution in [3.05, 3.63) is 52.3 Å². The third-order valence-electron chi connectivity index (χ3n) is 4.37. The van der Waals surface area contributed by atoms with E-state index in [1.807, 2.05) is 55.6 Å². The molecule has 7 nitrogen and oxygen atoms in total. The van der Waals surface area contributed by atoms with E-state index in [9.17, 15) is 9.59 Å². The normalized spacial score (nSPS) is 10.9. The average Bonchev–Trinajstić information content (AvgIpc) is 3.36. The number of hydrazine groups is 1. The fourth-order valence-corrected chi connectivity index (χ4v) is 4.76. The Balaban J connectivity index is 1.29. The number of hydrogen-bond donors (Lipinski definition) is 3. The van der Waals surface area contributed by atoms with E-state index < -0.39 is 5.91 Å². The molecule has 0 saturated carbocycles. The Morgan fingerprint density at radius 1 is 1.07 bits per heavy atom. The second-order valence-corrected chi connectivity index (χ2v) is 8.87. The molecule has 9 heteroatoms. The molecule has 0 saturated heterocycles. The molecule has 2 heterocycles. The Bertz CT molecular complexity index is 1210. The Labute approximate surface area is 181 Å². The molecule has 4 rings (SSSR count). The van der Waals surface area contributed by atoms with Gasteiger partial charge in [-0.1, -0.05) is 17.7 Å². The number of nitrogens with zero attached hydrogens (tertiary/aromatic N) is 1. The molecule has 154 valence electrons. The summed E-state index contributed by atoms with van der Waals surface area (Å²) < 4.78 is 7.80. The lowest BCUT2D eigenvalue weighted by Crippen LogP contribution is -2.45. The average molecular weight is 441 g/mol. The number of amides is 2. The van der Waals surface area contributed by atoms with Gasteiger partial charge < -0.3 is 10.1 Å². The minimum absolute atomic E-state index is 0.0428. The summed E-state index contributed by atoms with van der Waals surface area (Å²) in [6.45, 7) is 3.80. The second-order valence-electron chi connectivity index (χ2n) is 6.72. The molecule has 0 spiro atoms. The number of carbonyl (C=O) groups excluding carboxylic acids is 2. The first-order valence-corrected chi connectivity index (χ1v) is 11.0. The third kappa shape index (κ3) is 4.52. The topological polar surface area (TPSA) is 92.4 Å². The first kappa shape index (κ1) is 20.1. The van der Waals surface area contributed by atoms with Crippen LogP contribution in [0.15, 0.2) is 41.8 Å². The number of nitrogens with one attached hydrogen (secondary N) is 3. The zero-order chi connectivity index (χ0) is 21.1. The van der Waals surface area contributed by atoms with Crippen molar-refractivity contribution in [1.29, 1.82) is 0 Å². The van der Waals surface area contributed by atoms with E-state index in [4.69, 9.17) is 4.74 Å². The predicted molar refractivity (Wildman–Crippen MR) is 121 cm³/mol. The zero-order valence-corrected chi connectivity index (χ0v) is 18.1. The van der Waals surface area contributed by atoms with Gasteiger partial charge in [-0.2, -0.15) is 0 Å². The Morgan fingerprint density at radius 3 is 2.63 bits per heavy atom. The van der Waals surface area contributed by atoms with Gasteiger partial charge in [0.05, 0.1) is 26.5 Å². The lowest BCUT2D eigenvalue weighted by Gasteiger charge is -2.11. The number of anilines is 1. The highest BCUT2D eigenvalue weighted by Crippen LogP contribution is 2.38. The summed E-state index contributed by atoms with van der Waals surface area (Å²) in [5.41, 5.74) is 7.69. The number of hydrogen-bond acceptors (Lipinski definition) is 7. The predicted octanol–water partition coefficient (Wildman–Crippen LogP) is 3.77. The summed E-state index contributed by atoms with van der Waals surface area (Å²) in [7, 11) is 0. The van der Waals surface area contributed by atoms with E-state index in [2.05, 4.69) is 21.2 Å². The maximum absolute atomic E-state index is 12.1. The summed E-state index contributed by atoms with van der Waals surface area (Å²) in [6, 6.07) is 11.6. The number of thiophene rings is 1. The monoisotopic (exact) mass is 440 g/mol. The van der Waals surface area contributed by atoms with E-state index in [0.717, 1.165) is 36.6 Å². The van der Waals surface area contributed by atoms with Gasteiger partial charge in [0.15, 0.2) is 6.61 Å². The standard InChI is InChI=1S/C21H20N4O3S2/c1-12-3-5-14(6-4-12)22-10-18(26)24-25-19(27)11-28-16-9-17-20(23-13(2)30-17)21-15(16)7-8-29-21/h3-9,22H,10-11H2,1-2H3,(H,24,26)(H,25,27). The molecule has 0 fully saturated rings.